The normalized spacial score (nSPS) is 8.93. The number of unbranched alkanes of at least 4 members (excludes halogenated alkanes) is 2. The molecule has 2 aromatic rings. The molecule has 0 aliphatic rings. The van der Waals surface area contributed by atoms with Crippen molar-refractivity contribution in [2.45, 2.75) is 87.0 Å². The average molecular weight is 395 g/mol. The van der Waals surface area contributed by atoms with Gasteiger partial charge in [0.15, 0.2) is 0 Å². The first-order chi connectivity index (χ1) is 13.9. The van der Waals surface area contributed by atoms with Crippen LogP contribution in [0, 0.1) is 0 Å². The van der Waals surface area contributed by atoms with E-state index in [9.17, 15) is 0 Å². The third-order valence-corrected chi connectivity index (χ3v) is 4.23. The van der Waals surface area contributed by atoms with Crippen LogP contribution in [0.15, 0.2) is 67.8 Å². The number of hydrogen-bond donors (Lipinski definition) is 0. The van der Waals surface area contributed by atoms with E-state index in [2.05, 4.69) is 90.2 Å². The topological polar surface area (TPSA) is 0 Å². The highest BCUT2D eigenvalue weighted by Gasteiger charge is 2.01. The quantitative estimate of drug-likeness (QED) is 0.457. The van der Waals surface area contributed by atoms with E-state index in [1.165, 1.54) is 55.2 Å². The van der Waals surface area contributed by atoms with E-state index in [-0.39, 0.29) is 0 Å². The van der Waals surface area contributed by atoms with Crippen LogP contribution in [0.2, 0.25) is 0 Å². The molecule has 0 amide bonds. The molecular weight excluding hydrogens is 348 g/mol. The SMILES string of the molecule is C=C(C)c1ccccc1C(=C)C.CCCC.CCCC.CCCc1ccccc1. The fourth-order valence-corrected chi connectivity index (χ4v) is 2.16. The van der Waals surface area contributed by atoms with Crippen molar-refractivity contribution in [1.82, 2.24) is 0 Å². The molecule has 0 spiro atoms. The molecule has 0 aromatic heterocycles. The number of rotatable bonds is 6. The summed E-state index contributed by atoms with van der Waals surface area (Å²) in [5.41, 5.74) is 6.03. The van der Waals surface area contributed by atoms with Crippen molar-refractivity contribution in [3.63, 3.8) is 0 Å². The number of benzene rings is 2. The first kappa shape index (κ1) is 29.1. The van der Waals surface area contributed by atoms with Crippen LogP contribution < -0.4 is 0 Å². The molecule has 0 bridgehead atoms. The summed E-state index contributed by atoms with van der Waals surface area (Å²) in [4.78, 5) is 0. The Bertz CT molecular complexity index is 593. The lowest BCUT2D eigenvalue weighted by Gasteiger charge is -2.07. The Labute approximate surface area is 182 Å². The maximum absolute atomic E-state index is 3.93. The molecule has 0 saturated carbocycles. The van der Waals surface area contributed by atoms with Gasteiger partial charge >= 0.3 is 0 Å². The van der Waals surface area contributed by atoms with Crippen LogP contribution in [-0.4, -0.2) is 0 Å². The van der Waals surface area contributed by atoms with E-state index in [1.807, 2.05) is 26.0 Å². The Morgan fingerprint density at radius 3 is 1.17 bits per heavy atom. The van der Waals surface area contributed by atoms with Gasteiger partial charge in [-0.05, 0) is 37.0 Å². The lowest BCUT2D eigenvalue weighted by Crippen LogP contribution is -1.86. The number of hydrogen-bond acceptors (Lipinski definition) is 0. The van der Waals surface area contributed by atoms with Gasteiger partial charge < -0.3 is 0 Å². The zero-order valence-electron chi connectivity index (χ0n) is 20.4. The Kier molecular flexibility index (Phi) is 20.7. The zero-order valence-corrected chi connectivity index (χ0v) is 20.4. The van der Waals surface area contributed by atoms with Gasteiger partial charge in [-0.2, -0.15) is 0 Å². The van der Waals surface area contributed by atoms with Crippen molar-refractivity contribution < 1.29 is 0 Å². The van der Waals surface area contributed by atoms with Gasteiger partial charge in [0.25, 0.3) is 0 Å². The summed E-state index contributed by atoms with van der Waals surface area (Å²) in [6.45, 7) is 22.8. The van der Waals surface area contributed by atoms with Crippen LogP contribution in [-0.2, 0) is 6.42 Å². The molecule has 2 rings (SSSR count). The van der Waals surface area contributed by atoms with Crippen LogP contribution in [0.1, 0.15) is 97.3 Å². The van der Waals surface area contributed by atoms with Gasteiger partial charge in [0, 0.05) is 0 Å². The molecule has 29 heavy (non-hydrogen) atoms. The molecular formula is C29H46. The molecule has 162 valence electrons. The van der Waals surface area contributed by atoms with Crippen molar-refractivity contribution in [2.24, 2.45) is 0 Å². The molecule has 0 unspecified atom stereocenters. The molecule has 0 radical (unpaired) electrons. The molecule has 0 heteroatoms. The second-order valence-corrected chi connectivity index (χ2v) is 7.34. The lowest BCUT2D eigenvalue weighted by atomic mass is 9.98. The largest absolute Gasteiger partial charge is 0.0955 e. The maximum atomic E-state index is 3.93. The van der Waals surface area contributed by atoms with E-state index in [0.29, 0.717) is 0 Å². The van der Waals surface area contributed by atoms with Crippen LogP contribution >= 0.6 is 0 Å². The molecule has 0 fully saturated rings. The first-order valence-corrected chi connectivity index (χ1v) is 11.3. The van der Waals surface area contributed by atoms with Gasteiger partial charge in [-0.15, -0.1) is 0 Å². The van der Waals surface area contributed by atoms with E-state index >= 15 is 0 Å². The Balaban J connectivity index is 0. The Morgan fingerprint density at radius 2 is 0.897 bits per heavy atom. The highest BCUT2D eigenvalue weighted by molar-refractivity contribution is 5.76. The van der Waals surface area contributed by atoms with Crippen LogP contribution in [0.25, 0.3) is 11.1 Å². The fourth-order valence-electron chi connectivity index (χ4n) is 2.16. The van der Waals surface area contributed by atoms with Crippen LogP contribution in [0.5, 0.6) is 0 Å². The first-order valence-electron chi connectivity index (χ1n) is 11.3. The van der Waals surface area contributed by atoms with E-state index < -0.39 is 0 Å². The summed E-state index contributed by atoms with van der Waals surface area (Å²) in [7, 11) is 0. The summed E-state index contributed by atoms with van der Waals surface area (Å²) in [5.74, 6) is 0. The second-order valence-electron chi connectivity index (χ2n) is 7.34. The summed E-state index contributed by atoms with van der Waals surface area (Å²) in [5, 5.41) is 0. The smallest absolute Gasteiger partial charge is 0.0158 e. The monoisotopic (exact) mass is 394 g/mol. The number of aryl methyl sites for hydroxylation is 1. The maximum Gasteiger partial charge on any atom is -0.0158 e. The molecule has 0 heterocycles. The highest BCUT2D eigenvalue weighted by atomic mass is 14.1. The molecule has 0 aliphatic carbocycles. The molecule has 2 aromatic carbocycles. The minimum Gasteiger partial charge on any atom is -0.0955 e. The van der Waals surface area contributed by atoms with Crippen molar-refractivity contribution in [3.8, 4) is 0 Å². The minimum atomic E-state index is 1.09. The van der Waals surface area contributed by atoms with Gasteiger partial charge in [0.1, 0.15) is 0 Å². The highest BCUT2D eigenvalue weighted by Crippen LogP contribution is 2.22. The van der Waals surface area contributed by atoms with E-state index in [1.54, 1.807) is 0 Å². The molecule has 0 aliphatic heterocycles. The summed E-state index contributed by atoms with van der Waals surface area (Å²) >= 11 is 0. The predicted octanol–water partition coefficient (Wildman–Crippen LogP) is 10.0. The number of allylic oxidation sites excluding steroid dienone is 2. The molecule has 0 N–H and O–H groups in total. The van der Waals surface area contributed by atoms with Gasteiger partial charge in [-0.1, -0.05) is 146 Å². The van der Waals surface area contributed by atoms with Crippen molar-refractivity contribution in [3.05, 3.63) is 84.4 Å². The molecule has 0 saturated heterocycles. The summed E-state index contributed by atoms with van der Waals surface area (Å²) in [6, 6.07) is 18.8. The van der Waals surface area contributed by atoms with Gasteiger partial charge in [0.2, 0.25) is 0 Å². The summed E-state index contributed by atoms with van der Waals surface area (Å²) in [6.07, 6.45) is 7.73. The zero-order chi connectivity index (χ0) is 22.5. The van der Waals surface area contributed by atoms with E-state index in [0.717, 1.165) is 11.1 Å². The van der Waals surface area contributed by atoms with Crippen LogP contribution in [0.3, 0.4) is 0 Å². The van der Waals surface area contributed by atoms with Crippen molar-refractivity contribution in [1.29, 1.82) is 0 Å². The predicted molar refractivity (Wildman–Crippen MR) is 137 cm³/mol. The third-order valence-electron chi connectivity index (χ3n) is 4.23. The van der Waals surface area contributed by atoms with Gasteiger partial charge in [-0.25, -0.2) is 0 Å². The van der Waals surface area contributed by atoms with Crippen molar-refractivity contribution in [2.75, 3.05) is 0 Å². The third kappa shape index (κ3) is 16.6. The Hall–Kier alpha value is -2.08. The van der Waals surface area contributed by atoms with Gasteiger partial charge in [-0.3, -0.25) is 0 Å². The standard InChI is InChI=1S/C12H14.C9H12.2C4H10/c1-9(2)11-7-5-6-8-12(11)10(3)4;1-2-6-9-7-4-3-5-8-9;2*1-3-4-2/h5-8H,1,3H2,2,4H3;3-5,7-8H,2,6H2,1H3;2*3-4H2,1-2H3. The lowest BCUT2D eigenvalue weighted by molar-refractivity contribution is 0.886. The second kappa shape index (κ2) is 20.6. The summed E-state index contributed by atoms with van der Waals surface area (Å²) < 4.78 is 0. The van der Waals surface area contributed by atoms with Gasteiger partial charge in [0.05, 0.1) is 0 Å². The van der Waals surface area contributed by atoms with E-state index in [4.69, 9.17) is 0 Å². The fraction of sp³-hybridized carbons (Fsp3) is 0.448. The Morgan fingerprint density at radius 1 is 0.552 bits per heavy atom. The average Bonchev–Trinajstić information content (AvgIpc) is 2.75. The minimum absolute atomic E-state index is 1.09. The molecule has 0 nitrogen and oxygen atoms in total. The molecule has 0 atom stereocenters. The van der Waals surface area contributed by atoms with Crippen LogP contribution in [0.4, 0.5) is 0 Å². The van der Waals surface area contributed by atoms with Crippen molar-refractivity contribution >= 4 is 11.1 Å².